The van der Waals surface area contributed by atoms with Crippen LogP contribution in [0.15, 0.2) is 29.4 Å². The average Bonchev–Trinajstić information content (AvgIpc) is 2.91. The third-order valence-corrected chi connectivity index (χ3v) is 5.18. The summed E-state index contributed by atoms with van der Waals surface area (Å²) in [6.07, 6.45) is -4.53. The van der Waals surface area contributed by atoms with Gasteiger partial charge in [-0.3, -0.25) is 4.79 Å². The normalized spacial score (nSPS) is 22.3. The van der Waals surface area contributed by atoms with Gasteiger partial charge in [0.05, 0.1) is 12.0 Å². The predicted molar refractivity (Wildman–Crippen MR) is 93.4 cm³/mol. The monoisotopic (exact) mass is 420 g/mol. The number of amides is 3. The summed E-state index contributed by atoms with van der Waals surface area (Å²) in [6.45, 7) is -1.19. The average molecular weight is 421 g/mol. The van der Waals surface area contributed by atoms with Gasteiger partial charge in [0.25, 0.3) is 0 Å². The number of fused-ring (bicyclic) bond motifs is 1. The molecule has 0 spiro atoms. The molecule has 0 radical (unpaired) electrons. The van der Waals surface area contributed by atoms with Crippen LogP contribution in [-0.4, -0.2) is 60.1 Å². The Morgan fingerprint density at radius 1 is 1.29 bits per heavy atom. The number of nitrogens with one attached hydrogen (secondary N) is 1. The first-order valence-electron chi connectivity index (χ1n) is 8.39. The van der Waals surface area contributed by atoms with Gasteiger partial charge in [-0.25, -0.2) is 9.18 Å². The van der Waals surface area contributed by atoms with Crippen molar-refractivity contribution in [1.29, 1.82) is 0 Å². The number of benzene rings is 1. The van der Waals surface area contributed by atoms with E-state index in [-0.39, 0.29) is 24.8 Å². The Hall–Kier alpha value is -2.49. The number of urea groups is 1. The Morgan fingerprint density at radius 2 is 2.00 bits per heavy atom. The van der Waals surface area contributed by atoms with Crippen LogP contribution in [0.5, 0.6) is 0 Å². The number of nitrogens with two attached hydrogens (primary N) is 1. The topological polar surface area (TPSA) is 78.7 Å². The molecule has 0 aromatic heterocycles. The molecule has 2 unspecified atom stereocenters. The van der Waals surface area contributed by atoms with Crippen LogP contribution in [-0.2, 0) is 4.79 Å². The lowest BCUT2D eigenvalue weighted by molar-refractivity contribution is -0.123. The van der Waals surface area contributed by atoms with E-state index in [1.165, 1.54) is 23.1 Å². The Kier molecular flexibility index (Phi) is 5.42. The van der Waals surface area contributed by atoms with E-state index in [0.717, 1.165) is 0 Å². The minimum atomic E-state index is -4.53. The molecule has 2 heterocycles. The van der Waals surface area contributed by atoms with Crippen molar-refractivity contribution < 1.29 is 27.2 Å². The van der Waals surface area contributed by atoms with E-state index in [2.05, 4.69) is 0 Å². The van der Waals surface area contributed by atoms with Gasteiger partial charge in [0.2, 0.25) is 5.91 Å². The zero-order valence-corrected chi connectivity index (χ0v) is 15.2. The lowest BCUT2D eigenvalue weighted by atomic mass is 9.88. The van der Waals surface area contributed by atoms with Crippen LogP contribution in [0.25, 0.3) is 5.57 Å². The van der Waals surface area contributed by atoms with E-state index in [0.29, 0.717) is 11.1 Å². The summed E-state index contributed by atoms with van der Waals surface area (Å²) >= 11 is 6.43. The minimum absolute atomic E-state index is 0.0493. The molecule has 3 rings (SSSR count). The van der Waals surface area contributed by atoms with Gasteiger partial charge in [0.15, 0.2) is 0 Å². The molecule has 2 aliphatic heterocycles. The third kappa shape index (κ3) is 4.01. The zero-order valence-electron chi connectivity index (χ0n) is 14.5. The van der Waals surface area contributed by atoms with E-state index in [4.69, 9.17) is 17.3 Å². The minimum Gasteiger partial charge on any atom is -0.369 e. The van der Waals surface area contributed by atoms with Crippen LogP contribution in [0.3, 0.4) is 0 Å². The van der Waals surface area contributed by atoms with Gasteiger partial charge in [-0.15, -0.1) is 0 Å². The van der Waals surface area contributed by atoms with Crippen molar-refractivity contribution in [1.82, 2.24) is 15.1 Å². The molecular formula is C17H17ClF4N4O2. The number of hydrogen-bond acceptors (Lipinski definition) is 3. The molecule has 11 heteroatoms. The number of alkyl halides is 3. The highest BCUT2D eigenvalue weighted by molar-refractivity contribution is 6.33. The second-order valence-corrected chi connectivity index (χ2v) is 6.93. The Morgan fingerprint density at radius 3 is 2.61 bits per heavy atom. The molecule has 3 amide bonds. The SMILES string of the molecule is NC(=O)C1C(c2cccc(F)c2)=C(Cl)N2CCN(C(=O)NCC(F)(F)F)CC12. The van der Waals surface area contributed by atoms with Crippen molar-refractivity contribution in [3.05, 3.63) is 40.8 Å². The van der Waals surface area contributed by atoms with Gasteiger partial charge in [0.1, 0.15) is 17.5 Å². The van der Waals surface area contributed by atoms with E-state index in [1.807, 2.05) is 5.32 Å². The van der Waals surface area contributed by atoms with Gasteiger partial charge in [-0.1, -0.05) is 23.7 Å². The van der Waals surface area contributed by atoms with Crippen LogP contribution in [0, 0.1) is 11.7 Å². The molecule has 2 aliphatic rings. The molecule has 1 aromatic carbocycles. The van der Waals surface area contributed by atoms with E-state index < -0.39 is 42.4 Å². The van der Waals surface area contributed by atoms with Gasteiger partial charge in [-0.05, 0) is 17.7 Å². The molecular weight excluding hydrogens is 404 g/mol. The molecule has 152 valence electrons. The molecule has 1 aromatic rings. The van der Waals surface area contributed by atoms with Crippen molar-refractivity contribution in [2.45, 2.75) is 12.2 Å². The molecule has 0 bridgehead atoms. The summed E-state index contributed by atoms with van der Waals surface area (Å²) in [5, 5.41) is 2.03. The van der Waals surface area contributed by atoms with E-state index in [1.54, 1.807) is 11.0 Å². The predicted octanol–water partition coefficient (Wildman–Crippen LogP) is 2.11. The van der Waals surface area contributed by atoms with Gasteiger partial charge < -0.3 is 20.9 Å². The first-order valence-corrected chi connectivity index (χ1v) is 8.77. The van der Waals surface area contributed by atoms with Crippen molar-refractivity contribution >= 4 is 29.1 Å². The summed E-state index contributed by atoms with van der Waals surface area (Å²) in [5.74, 6) is -2.18. The van der Waals surface area contributed by atoms with Gasteiger partial charge in [-0.2, -0.15) is 13.2 Å². The summed E-state index contributed by atoms with van der Waals surface area (Å²) in [5.41, 5.74) is 6.28. The summed E-state index contributed by atoms with van der Waals surface area (Å²) in [4.78, 5) is 27.1. The summed E-state index contributed by atoms with van der Waals surface area (Å²) in [7, 11) is 0. The zero-order chi connectivity index (χ0) is 20.6. The molecule has 0 saturated carbocycles. The number of carbonyl (C=O) groups is 2. The first-order chi connectivity index (χ1) is 13.1. The molecule has 0 aliphatic carbocycles. The Labute approximate surface area is 162 Å². The number of hydrogen-bond donors (Lipinski definition) is 2. The molecule has 1 saturated heterocycles. The summed E-state index contributed by atoms with van der Waals surface area (Å²) < 4.78 is 50.6. The fourth-order valence-corrected chi connectivity index (χ4v) is 4.01. The fraction of sp³-hybridized carbons (Fsp3) is 0.412. The Bertz CT molecular complexity index is 830. The van der Waals surface area contributed by atoms with Crippen molar-refractivity contribution in [2.75, 3.05) is 26.2 Å². The smallest absolute Gasteiger partial charge is 0.369 e. The number of piperazine rings is 1. The maximum Gasteiger partial charge on any atom is 0.405 e. The van der Waals surface area contributed by atoms with Crippen LogP contribution in [0.1, 0.15) is 5.56 Å². The highest BCUT2D eigenvalue weighted by Crippen LogP contribution is 2.43. The van der Waals surface area contributed by atoms with Crippen molar-refractivity contribution in [3.63, 3.8) is 0 Å². The van der Waals surface area contributed by atoms with Crippen LogP contribution in [0.2, 0.25) is 0 Å². The standard InChI is InChI=1S/C17H17ClF4N4O2/c18-14-12(9-2-1-3-10(19)6-9)13(15(23)27)11-7-25(4-5-26(11)14)16(28)24-8-17(20,21)22/h1-3,6,11,13H,4-5,7-8H2,(H2,23,27)(H,24,28). The largest absolute Gasteiger partial charge is 0.405 e. The highest BCUT2D eigenvalue weighted by atomic mass is 35.5. The second kappa shape index (κ2) is 7.50. The molecule has 2 atom stereocenters. The van der Waals surface area contributed by atoms with Crippen LogP contribution < -0.4 is 11.1 Å². The van der Waals surface area contributed by atoms with E-state index in [9.17, 15) is 27.2 Å². The second-order valence-electron chi connectivity index (χ2n) is 6.58. The van der Waals surface area contributed by atoms with Crippen molar-refractivity contribution in [2.24, 2.45) is 11.7 Å². The summed E-state index contributed by atoms with van der Waals surface area (Å²) in [6, 6.07) is 3.98. The molecule has 6 nitrogen and oxygen atoms in total. The molecule has 1 fully saturated rings. The fourth-order valence-electron chi connectivity index (χ4n) is 3.57. The maximum atomic E-state index is 13.6. The Balaban J connectivity index is 1.83. The van der Waals surface area contributed by atoms with Crippen LogP contribution >= 0.6 is 11.6 Å². The lowest BCUT2D eigenvalue weighted by Gasteiger charge is -2.40. The van der Waals surface area contributed by atoms with Crippen LogP contribution in [0.4, 0.5) is 22.4 Å². The first kappa shape index (κ1) is 20.2. The molecule has 3 N–H and O–H groups in total. The van der Waals surface area contributed by atoms with Gasteiger partial charge in [0, 0.05) is 25.2 Å². The van der Waals surface area contributed by atoms with Gasteiger partial charge >= 0.3 is 12.2 Å². The lowest BCUT2D eigenvalue weighted by Crippen LogP contribution is -2.58. The quantitative estimate of drug-likeness (QED) is 0.580. The number of carbonyl (C=O) groups excluding carboxylic acids is 2. The highest BCUT2D eigenvalue weighted by Gasteiger charge is 2.47. The number of rotatable bonds is 3. The van der Waals surface area contributed by atoms with Crippen molar-refractivity contribution in [3.8, 4) is 0 Å². The number of halogens is 5. The molecule has 28 heavy (non-hydrogen) atoms. The maximum absolute atomic E-state index is 13.6. The number of nitrogens with zero attached hydrogens (tertiary/aromatic N) is 2. The number of primary amides is 1. The van der Waals surface area contributed by atoms with E-state index >= 15 is 0 Å². The third-order valence-electron chi connectivity index (χ3n) is 4.76.